The van der Waals surface area contributed by atoms with Crippen LogP contribution in [0, 0.1) is 5.92 Å². The van der Waals surface area contributed by atoms with Gasteiger partial charge in [-0.25, -0.2) is 0 Å². The molecule has 0 unspecified atom stereocenters. The molecule has 7 atom stereocenters. The molecule has 0 radical (unpaired) electrons. The average Bonchev–Trinajstić information content (AvgIpc) is 2.80. The fourth-order valence-corrected chi connectivity index (χ4v) is 2.73. The smallest absolute Gasteiger partial charge is 0.245 e. The standard InChI is InChI=1S/C19H35N5O8S.CH4/c1-4-9(2)14(18(31)21-11(5-25)8-33)23-19(32)15(10(3)28)24-17(30)13(7-27)22-16(29)12(20)6-26;/h5,9-15,26-28,33H,4,6-8,20H2,1-3H3,(H,21,31)(H,22,29)(H,23,32)(H,24,30);1H4/t9-,10+,11+,12-,13-,14-,15-;/m0./s1. The van der Waals surface area contributed by atoms with Crippen LogP contribution in [-0.2, 0) is 24.0 Å². The highest BCUT2D eigenvalue weighted by atomic mass is 32.1. The maximum atomic E-state index is 12.8. The molecular weight excluding hydrogens is 470 g/mol. The summed E-state index contributed by atoms with van der Waals surface area (Å²) < 4.78 is 0. The van der Waals surface area contributed by atoms with E-state index in [1.54, 1.807) is 13.8 Å². The van der Waals surface area contributed by atoms with E-state index in [1.807, 2.05) is 0 Å². The van der Waals surface area contributed by atoms with E-state index < -0.39 is 73.2 Å². The SMILES string of the molecule is C.CC[C@H](C)[C@H](NC(=O)[C@@H](NC(=O)[C@H](CO)NC(=O)[C@@H](N)CO)[C@@H](C)O)C(=O)N[C@H](C=O)CS. The van der Waals surface area contributed by atoms with Crippen molar-refractivity contribution in [1.82, 2.24) is 21.3 Å². The van der Waals surface area contributed by atoms with Crippen LogP contribution in [0.25, 0.3) is 0 Å². The van der Waals surface area contributed by atoms with E-state index in [0.29, 0.717) is 12.7 Å². The van der Waals surface area contributed by atoms with Gasteiger partial charge in [-0.05, 0) is 12.8 Å². The number of aliphatic hydroxyl groups is 3. The Kier molecular flexibility index (Phi) is 17.2. The van der Waals surface area contributed by atoms with Crippen LogP contribution in [0.15, 0.2) is 0 Å². The number of aldehydes is 1. The Morgan fingerprint density at radius 2 is 1.44 bits per heavy atom. The number of hydrogen-bond donors (Lipinski definition) is 9. The van der Waals surface area contributed by atoms with Crippen molar-refractivity contribution in [3.8, 4) is 0 Å². The summed E-state index contributed by atoms with van der Waals surface area (Å²) in [6, 6.07) is -6.33. The molecule has 0 heterocycles. The minimum absolute atomic E-state index is 0. The van der Waals surface area contributed by atoms with Gasteiger partial charge >= 0.3 is 0 Å². The second kappa shape index (κ2) is 17.2. The average molecular weight is 510 g/mol. The molecule has 0 aliphatic heterocycles. The zero-order valence-electron chi connectivity index (χ0n) is 18.9. The van der Waals surface area contributed by atoms with Crippen molar-refractivity contribution < 1.29 is 39.3 Å². The third kappa shape index (κ3) is 10.8. The van der Waals surface area contributed by atoms with Gasteiger partial charge in [0.05, 0.1) is 25.4 Å². The van der Waals surface area contributed by atoms with Crippen LogP contribution in [-0.4, -0.2) is 101 Å². The second-order valence-electron chi connectivity index (χ2n) is 7.57. The highest BCUT2D eigenvalue weighted by Gasteiger charge is 2.34. The van der Waals surface area contributed by atoms with Crippen molar-refractivity contribution in [2.75, 3.05) is 19.0 Å². The Hall–Kier alpha value is -2.26. The van der Waals surface area contributed by atoms with Crippen molar-refractivity contribution in [3.05, 3.63) is 0 Å². The number of rotatable bonds is 15. The van der Waals surface area contributed by atoms with Gasteiger partial charge in [-0.1, -0.05) is 27.7 Å². The lowest BCUT2D eigenvalue weighted by Crippen LogP contribution is -2.62. The van der Waals surface area contributed by atoms with Gasteiger partial charge in [0.1, 0.15) is 30.5 Å². The van der Waals surface area contributed by atoms with E-state index in [2.05, 4.69) is 33.9 Å². The van der Waals surface area contributed by atoms with Crippen molar-refractivity contribution in [2.45, 2.75) is 70.9 Å². The summed E-state index contributed by atoms with van der Waals surface area (Å²) in [6.45, 7) is 3.16. The van der Waals surface area contributed by atoms with E-state index in [1.165, 1.54) is 6.92 Å². The lowest BCUT2D eigenvalue weighted by molar-refractivity contribution is -0.137. The molecule has 0 aliphatic rings. The molecule has 0 bridgehead atoms. The molecule has 4 amide bonds. The Bertz CT molecular complexity index is 681. The molecule has 9 N–H and O–H groups in total. The minimum Gasteiger partial charge on any atom is -0.394 e. The number of thiol groups is 1. The van der Waals surface area contributed by atoms with Gasteiger partial charge < -0.3 is 47.1 Å². The summed E-state index contributed by atoms with van der Waals surface area (Å²) in [5, 5.41) is 37.6. The molecule has 0 saturated carbocycles. The van der Waals surface area contributed by atoms with Crippen LogP contribution in [0.4, 0.5) is 0 Å². The fraction of sp³-hybridized carbons (Fsp3) is 0.750. The molecule has 34 heavy (non-hydrogen) atoms. The Morgan fingerprint density at radius 3 is 1.85 bits per heavy atom. The van der Waals surface area contributed by atoms with Crippen LogP contribution in [0.3, 0.4) is 0 Å². The number of amides is 4. The van der Waals surface area contributed by atoms with E-state index in [-0.39, 0.29) is 19.1 Å². The zero-order chi connectivity index (χ0) is 25.7. The molecule has 0 aliphatic carbocycles. The molecular formula is C20H39N5O8S. The second-order valence-corrected chi connectivity index (χ2v) is 7.93. The van der Waals surface area contributed by atoms with Gasteiger partial charge in [-0.3, -0.25) is 19.2 Å². The maximum absolute atomic E-state index is 12.8. The normalized spacial score (nSPS) is 16.8. The highest BCUT2D eigenvalue weighted by Crippen LogP contribution is 2.09. The van der Waals surface area contributed by atoms with E-state index in [0.717, 1.165) is 0 Å². The monoisotopic (exact) mass is 509 g/mol. The number of hydrogen-bond acceptors (Lipinski definition) is 10. The first kappa shape index (κ1) is 33.9. The van der Waals surface area contributed by atoms with E-state index in [9.17, 15) is 34.2 Å². The predicted octanol–water partition coefficient (Wildman–Crippen LogP) is -3.57. The van der Waals surface area contributed by atoms with Crippen LogP contribution >= 0.6 is 12.6 Å². The minimum atomic E-state index is -1.54. The van der Waals surface area contributed by atoms with Crippen LogP contribution in [0.1, 0.15) is 34.6 Å². The fourth-order valence-electron chi connectivity index (χ4n) is 2.56. The number of carbonyl (C=O) groups is 5. The summed E-state index contributed by atoms with van der Waals surface area (Å²) >= 11 is 3.97. The quantitative estimate of drug-likeness (QED) is 0.0786. The van der Waals surface area contributed by atoms with Gasteiger partial charge in [-0.2, -0.15) is 12.6 Å². The molecule has 0 spiro atoms. The predicted molar refractivity (Wildman–Crippen MR) is 128 cm³/mol. The summed E-state index contributed by atoms with van der Waals surface area (Å²) in [7, 11) is 0. The molecule has 0 fully saturated rings. The van der Waals surface area contributed by atoms with Gasteiger partial charge in [0, 0.05) is 5.75 Å². The first-order valence-corrected chi connectivity index (χ1v) is 11.0. The van der Waals surface area contributed by atoms with E-state index >= 15 is 0 Å². The molecule has 0 rings (SSSR count). The molecule has 13 nitrogen and oxygen atoms in total. The number of nitrogens with two attached hydrogens (primary N) is 1. The van der Waals surface area contributed by atoms with Gasteiger partial charge in [0.25, 0.3) is 0 Å². The largest absolute Gasteiger partial charge is 0.394 e. The van der Waals surface area contributed by atoms with Crippen LogP contribution < -0.4 is 27.0 Å². The summed E-state index contributed by atoms with van der Waals surface area (Å²) in [5.41, 5.74) is 5.35. The van der Waals surface area contributed by atoms with Crippen molar-refractivity contribution >= 4 is 42.5 Å². The van der Waals surface area contributed by atoms with Crippen LogP contribution in [0.2, 0.25) is 0 Å². The number of nitrogens with one attached hydrogen (secondary N) is 4. The first-order valence-electron chi connectivity index (χ1n) is 10.4. The van der Waals surface area contributed by atoms with E-state index in [4.69, 9.17) is 10.8 Å². The Morgan fingerprint density at radius 1 is 0.912 bits per heavy atom. The molecule has 0 aromatic heterocycles. The molecule has 14 heteroatoms. The molecule has 0 aromatic carbocycles. The highest BCUT2D eigenvalue weighted by molar-refractivity contribution is 7.80. The van der Waals surface area contributed by atoms with Crippen molar-refractivity contribution in [1.29, 1.82) is 0 Å². The third-order valence-electron chi connectivity index (χ3n) is 4.89. The maximum Gasteiger partial charge on any atom is 0.245 e. The topological polar surface area (TPSA) is 220 Å². The van der Waals surface area contributed by atoms with Crippen molar-refractivity contribution in [2.24, 2.45) is 11.7 Å². The van der Waals surface area contributed by atoms with Crippen molar-refractivity contribution in [3.63, 3.8) is 0 Å². The first-order chi connectivity index (χ1) is 15.5. The molecule has 0 aromatic rings. The Balaban J connectivity index is 0. The number of carbonyl (C=O) groups excluding carboxylic acids is 5. The lowest BCUT2D eigenvalue weighted by atomic mass is 9.97. The van der Waals surface area contributed by atoms with Gasteiger partial charge in [0.15, 0.2) is 0 Å². The zero-order valence-corrected chi connectivity index (χ0v) is 19.7. The van der Waals surface area contributed by atoms with Gasteiger partial charge in [0.2, 0.25) is 23.6 Å². The summed E-state index contributed by atoms with van der Waals surface area (Å²) in [5.74, 6) is -3.77. The summed E-state index contributed by atoms with van der Waals surface area (Å²) in [6.07, 6.45) is -0.421. The Labute approximate surface area is 205 Å². The number of aliphatic hydroxyl groups excluding tert-OH is 3. The van der Waals surface area contributed by atoms with Crippen LogP contribution in [0.5, 0.6) is 0 Å². The van der Waals surface area contributed by atoms with Gasteiger partial charge in [-0.15, -0.1) is 0 Å². The third-order valence-corrected chi connectivity index (χ3v) is 5.29. The lowest BCUT2D eigenvalue weighted by Gasteiger charge is -2.29. The summed E-state index contributed by atoms with van der Waals surface area (Å²) in [4.78, 5) is 60.7. The molecule has 198 valence electrons. The molecule has 0 saturated heterocycles.